The summed E-state index contributed by atoms with van der Waals surface area (Å²) in [7, 11) is 0. The average molecular weight is 543 g/mol. The van der Waals surface area contributed by atoms with Gasteiger partial charge >= 0.3 is 0 Å². The Morgan fingerprint density at radius 1 is 1.03 bits per heavy atom. The van der Waals surface area contributed by atoms with Crippen molar-refractivity contribution in [1.82, 2.24) is 0 Å². The Labute approximate surface area is 230 Å². The lowest BCUT2D eigenvalue weighted by atomic mass is 9.85. The molecular weight excluding hydrogens is 516 g/mol. The molecule has 3 aromatic carbocycles. The normalized spacial score (nSPS) is 13.9. The van der Waals surface area contributed by atoms with Crippen LogP contribution in [0.3, 0.4) is 0 Å². The van der Waals surface area contributed by atoms with Crippen molar-refractivity contribution in [3.8, 4) is 6.07 Å². The number of nitriles is 1. The predicted octanol–water partition coefficient (Wildman–Crippen LogP) is 6.12. The summed E-state index contributed by atoms with van der Waals surface area (Å²) < 4.78 is 5.84. The van der Waals surface area contributed by atoms with E-state index in [0.717, 1.165) is 11.3 Å². The molecule has 5 rings (SSSR count). The summed E-state index contributed by atoms with van der Waals surface area (Å²) in [5, 5.41) is 16.3. The molecular formula is C30H27ClN4O4. The third-order valence-corrected chi connectivity index (χ3v) is 7.32. The first-order valence-corrected chi connectivity index (χ1v) is 12.9. The second kappa shape index (κ2) is 9.44. The Kier molecular flexibility index (Phi) is 6.36. The van der Waals surface area contributed by atoms with Crippen molar-refractivity contribution in [2.75, 3.05) is 15.5 Å². The molecule has 1 aliphatic heterocycles. The molecule has 0 saturated heterocycles. The van der Waals surface area contributed by atoms with Crippen molar-refractivity contribution < 1.29 is 9.21 Å². The first kappa shape index (κ1) is 26.3. The number of hydrogen-bond donors (Lipinski definition) is 2. The summed E-state index contributed by atoms with van der Waals surface area (Å²) in [5.41, 5.74) is 1.48. The summed E-state index contributed by atoms with van der Waals surface area (Å²) in [6.07, 6.45) is 0. The fourth-order valence-electron chi connectivity index (χ4n) is 4.90. The van der Waals surface area contributed by atoms with Gasteiger partial charge in [-0.3, -0.25) is 14.4 Å². The number of nitrogens with one attached hydrogen (secondary N) is 2. The number of nitrogens with zero attached hydrogens (tertiary/aromatic N) is 2. The lowest BCUT2D eigenvalue weighted by molar-refractivity contribution is 0.0997. The maximum absolute atomic E-state index is 13.7. The van der Waals surface area contributed by atoms with Gasteiger partial charge in [-0.2, -0.15) is 5.26 Å². The molecule has 2 heterocycles. The van der Waals surface area contributed by atoms with Crippen LogP contribution in [-0.4, -0.2) is 5.91 Å². The minimum absolute atomic E-state index is 0.0709. The van der Waals surface area contributed by atoms with Gasteiger partial charge < -0.3 is 20.0 Å². The molecule has 0 fully saturated rings. The highest BCUT2D eigenvalue weighted by atomic mass is 35.5. The Morgan fingerprint density at radius 2 is 1.74 bits per heavy atom. The zero-order valence-corrected chi connectivity index (χ0v) is 23.0. The van der Waals surface area contributed by atoms with Crippen LogP contribution in [0.5, 0.6) is 0 Å². The number of aryl methyl sites for hydroxylation is 2. The monoisotopic (exact) mass is 542 g/mol. The van der Waals surface area contributed by atoms with Crippen molar-refractivity contribution in [2.45, 2.75) is 47.2 Å². The summed E-state index contributed by atoms with van der Waals surface area (Å²) >= 11 is 6.49. The van der Waals surface area contributed by atoms with E-state index < -0.39 is 16.9 Å². The van der Waals surface area contributed by atoms with Gasteiger partial charge in [0.15, 0.2) is 0 Å². The third kappa shape index (κ3) is 4.49. The average Bonchev–Trinajstić information content (AvgIpc) is 3.47. The zero-order valence-electron chi connectivity index (χ0n) is 22.2. The lowest BCUT2D eigenvalue weighted by Gasteiger charge is -2.31. The Morgan fingerprint density at radius 3 is 2.38 bits per heavy atom. The maximum atomic E-state index is 13.7. The third-order valence-electron chi connectivity index (χ3n) is 6.97. The van der Waals surface area contributed by atoms with Crippen molar-refractivity contribution in [1.29, 1.82) is 5.26 Å². The molecule has 9 heteroatoms. The lowest BCUT2D eigenvalue weighted by Crippen LogP contribution is -2.39. The number of amides is 1. The van der Waals surface area contributed by atoms with E-state index in [1.54, 1.807) is 24.3 Å². The fraction of sp³-hybridized carbons (Fsp3) is 0.267. The van der Waals surface area contributed by atoms with Crippen molar-refractivity contribution in [2.24, 2.45) is 5.41 Å². The Bertz CT molecular complexity index is 1750. The number of anilines is 4. The van der Waals surface area contributed by atoms with Crippen LogP contribution in [0.1, 0.15) is 65.4 Å². The number of benzene rings is 2. The topological polar surface area (TPSA) is 115 Å². The van der Waals surface area contributed by atoms with Gasteiger partial charge in [0.25, 0.3) is 16.8 Å². The van der Waals surface area contributed by atoms with Gasteiger partial charge in [0.05, 0.1) is 35.1 Å². The molecule has 4 aromatic rings. The van der Waals surface area contributed by atoms with Crippen LogP contribution >= 0.6 is 11.6 Å². The van der Waals surface area contributed by atoms with Gasteiger partial charge in [-0.15, -0.1) is 0 Å². The molecule has 0 spiro atoms. The van der Waals surface area contributed by atoms with E-state index in [2.05, 4.69) is 16.7 Å². The van der Waals surface area contributed by atoms with E-state index in [1.165, 1.54) is 4.90 Å². The van der Waals surface area contributed by atoms with Crippen LogP contribution in [0, 0.1) is 30.6 Å². The number of halogens is 1. The van der Waals surface area contributed by atoms with E-state index >= 15 is 0 Å². The summed E-state index contributed by atoms with van der Waals surface area (Å²) in [6.45, 7) is 9.89. The highest BCUT2D eigenvalue weighted by Gasteiger charge is 2.36. The van der Waals surface area contributed by atoms with Crippen molar-refractivity contribution in [3.63, 3.8) is 0 Å². The molecule has 1 aromatic heterocycles. The number of fused-ring (bicyclic) bond motifs is 1. The smallest absolute Gasteiger partial charge is 0.261 e. The summed E-state index contributed by atoms with van der Waals surface area (Å²) in [6, 6.07) is 14.0. The van der Waals surface area contributed by atoms with Gasteiger partial charge in [-0.1, -0.05) is 38.4 Å². The van der Waals surface area contributed by atoms with Crippen LogP contribution in [0.4, 0.5) is 22.7 Å². The minimum Gasteiger partial charge on any atom is -0.464 e. The molecule has 2 N–H and O–H groups in total. The Balaban J connectivity index is 1.52. The van der Waals surface area contributed by atoms with Gasteiger partial charge in [-0.25, -0.2) is 0 Å². The van der Waals surface area contributed by atoms with E-state index in [-0.39, 0.29) is 29.2 Å². The number of rotatable bonds is 6. The van der Waals surface area contributed by atoms with Gasteiger partial charge in [-0.05, 0) is 61.2 Å². The highest BCUT2D eigenvalue weighted by Crippen LogP contribution is 2.41. The maximum Gasteiger partial charge on any atom is 0.261 e. The van der Waals surface area contributed by atoms with Crippen molar-refractivity contribution >= 4 is 40.3 Å². The number of carbonyl (C=O) groups excluding carboxylic acids is 1. The molecule has 8 nitrogen and oxygen atoms in total. The van der Waals surface area contributed by atoms with E-state index in [4.69, 9.17) is 16.0 Å². The van der Waals surface area contributed by atoms with Crippen LogP contribution in [0.15, 0.2) is 56.5 Å². The first-order valence-electron chi connectivity index (χ1n) is 12.5. The van der Waals surface area contributed by atoms with Gasteiger partial charge in [0, 0.05) is 10.6 Å². The van der Waals surface area contributed by atoms with Crippen LogP contribution < -0.4 is 26.4 Å². The SMILES string of the molecule is Cc1ccc(C#N)c(N2Cc3c(Cl)ccc(Nc4c(N[C@@H](c5ccc(C)o5)C(C)(C)C)c(=O)c4=O)c3C2=O)c1. The first-order chi connectivity index (χ1) is 18.4. The Hall–Kier alpha value is -4.35. The molecule has 0 saturated carbocycles. The largest absolute Gasteiger partial charge is 0.464 e. The van der Waals surface area contributed by atoms with Crippen molar-refractivity contribution in [3.05, 3.63) is 102 Å². The van der Waals surface area contributed by atoms with Crippen LogP contribution in [0.25, 0.3) is 0 Å². The molecule has 0 radical (unpaired) electrons. The summed E-state index contributed by atoms with van der Waals surface area (Å²) in [4.78, 5) is 40.6. The number of furan rings is 1. The predicted molar refractivity (Wildman–Crippen MR) is 152 cm³/mol. The molecule has 1 aliphatic rings. The van der Waals surface area contributed by atoms with Gasteiger partial charge in [0.1, 0.15) is 29.0 Å². The molecule has 0 unspecified atom stereocenters. The van der Waals surface area contributed by atoms with E-state index in [0.29, 0.717) is 38.8 Å². The zero-order chi connectivity index (χ0) is 28.2. The van der Waals surface area contributed by atoms with Crippen LogP contribution in [-0.2, 0) is 6.54 Å². The molecule has 1 atom stereocenters. The standard InChI is InChI=1S/C30H27ClN4O4/c1-15-6-8-17(13-32)21(12-15)35-14-18-19(31)9-10-20(23(18)29(35)38)33-24-25(27(37)26(24)36)34-28(30(3,4)5)22-11-7-16(2)39-22/h6-12,28,33-34H,14H2,1-5H3/t28-/m0/s1. The molecule has 1 amide bonds. The molecule has 39 heavy (non-hydrogen) atoms. The highest BCUT2D eigenvalue weighted by molar-refractivity contribution is 6.33. The quantitative estimate of drug-likeness (QED) is 0.282. The minimum atomic E-state index is -0.683. The molecule has 198 valence electrons. The summed E-state index contributed by atoms with van der Waals surface area (Å²) in [5.74, 6) is 1.02. The van der Waals surface area contributed by atoms with Gasteiger partial charge in [0.2, 0.25) is 0 Å². The van der Waals surface area contributed by atoms with E-state index in [1.807, 2.05) is 52.8 Å². The number of carbonyl (C=O) groups is 1. The van der Waals surface area contributed by atoms with E-state index in [9.17, 15) is 19.6 Å². The second-order valence-corrected chi connectivity index (χ2v) is 11.3. The molecule has 0 aliphatic carbocycles. The number of hydrogen-bond acceptors (Lipinski definition) is 7. The molecule has 0 bridgehead atoms. The second-order valence-electron chi connectivity index (χ2n) is 10.9. The van der Waals surface area contributed by atoms with Crippen LogP contribution in [0.2, 0.25) is 5.02 Å². The fourth-order valence-corrected chi connectivity index (χ4v) is 5.11.